The summed E-state index contributed by atoms with van der Waals surface area (Å²) < 4.78 is 4.41. The average Bonchev–Trinajstić information content (AvgIpc) is 2.85. The van der Waals surface area contributed by atoms with Crippen LogP contribution in [0.2, 0.25) is 0 Å². The van der Waals surface area contributed by atoms with Crippen molar-refractivity contribution in [1.29, 1.82) is 0 Å². The van der Waals surface area contributed by atoms with E-state index in [9.17, 15) is 9.59 Å². The van der Waals surface area contributed by atoms with Crippen LogP contribution in [0.1, 0.15) is 46.6 Å². The van der Waals surface area contributed by atoms with Crippen LogP contribution < -0.4 is 11.5 Å². The molecule has 108 valence electrons. The fourth-order valence-electron chi connectivity index (χ4n) is 1.29. The van der Waals surface area contributed by atoms with Gasteiger partial charge in [0.1, 0.15) is 5.56 Å². The Morgan fingerprint density at radius 1 is 1.00 bits per heavy atom. The number of hydrogen-bond acceptors (Lipinski definition) is 5. The van der Waals surface area contributed by atoms with Crippen LogP contribution in [0.3, 0.4) is 0 Å². The highest BCUT2D eigenvalue weighted by Gasteiger charge is 2.18. The number of rotatable bonds is 7. The fourth-order valence-corrected chi connectivity index (χ4v) is 1.29. The molecule has 1 rings (SSSR count). The van der Waals surface area contributed by atoms with Crippen molar-refractivity contribution in [1.82, 2.24) is 0 Å². The zero-order chi connectivity index (χ0) is 14.7. The summed E-state index contributed by atoms with van der Waals surface area (Å²) in [6, 6.07) is 1.09. The molecule has 1 aromatic rings. The van der Waals surface area contributed by atoms with Gasteiger partial charge in [0.15, 0.2) is 0 Å². The highest BCUT2D eigenvalue weighted by atomic mass is 16.4. The first-order valence-corrected chi connectivity index (χ1v) is 5.98. The van der Waals surface area contributed by atoms with Gasteiger partial charge in [0, 0.05) is 0 Å². The molecule has 0 fully saturated rings. The summed E-state index contributed by atoms with van der Waals surface area (Å²) in [5.41, 5.74) is 10.2. The molecule has 0 atom stereocenters. The Bertz CT molecular complexity index is 355. The second kappa shape index (κ2) is 10.1. The maximum absolute atomic E-state index is 10.3. The van der Waals surface area contributed by atoms with Gasteiger partial charge < -0.3 is 26.1 Å². The van der Waals surface area contributed by atoms with Crippen molar-refractivity contribution in [2.75, 3.05) is 13.1 Å². The van der Waals surface area contributed by atoms with Crippen molar-refractivity contribution in [2.24, 2.45) is 11.5 Å². The van der Waals surface area contributed by atoms with Gasteiger partial charge in [-0.25, -0.2) is 9.59 Å². The van der Waals surface area contributed by atoms with Gasteiger partial charge in [-0.05, 0) is 32.0 Å². The number of carboxylic acids is 2. The molecule has 1 aromatic heterocycles. The summed E-state index contributed by atoms with van der Waals surface area (Å²) >= 11 is 0. The number of carboxylic acid groups (broad SMARTS) is 2. The Balaban J connectivity index is 0.000000362. The predicted molar refractivity (Wildman–Crippen MR) is 69.2 cm³/mol. The largest absolute Gasteiger partial charge is 0.478 e. The molecule has 0 aliphatic heterocycles. The Morgan fingerprint density at radius 2 is 1.53 bits per heavy atom. The Labute approximate surface area is 111 Å². The minimum absolute atomic E-state index is 0.336. The van der Waals surface area contributed by atoms with Gasteiger partial charge in [-0.1, -0.05) is 12.8 Å². The fraction of sp³-hybridized carbons (Fsp3) is 0.500. The van der Waals surface area contributed by atoms with Crippen molar-refractivity contribution >= 4 is 11.9 Å². The Hall–Kier alpha value is -1.86. The third-order valence-corrected chi connectivity index (χ3v) is 2.25. The molecule has 7 nitrogen and oxygen atoms in total. The van der Waals surface area contributed by atoms with Gasteiger partial charge in [0.25, 0.3) is 0 Å². The van der Waals surface area contributed by atoms with E-state index in [1.807, 2.05) is 0 Å². The van der Waals surface area contributed by atoms with Gasteiger partial charge in [0.05, 0.1) is 6.26 Å². The number of hydrogen-bond donors (Lipinski definition) is 4. The lowest BCUT2D eigenvalue weighted by Crippen LogP contribution is -2.03. The molecule has 0 unspecified atom stereocenters. The summed E-state index contributed by atoms with van der Waals surface area (Å²) in [5.74, 6) is -3.24. The van der Waals surface area contributed by atoms with E-state index in [1.54, 1.807) is 0 Å². The quantitative estimate of drug-likeness (QED) is 0.545. The molecule has 0 aliphatic carbocycles. The number of nitrogens with two attached hydrogens (primary N) is 2. The van der Waals surface area contributed by atoms with Crippen LogP contribution in [0.4, 0.5) is 0 Å². The van der Waals surface area contributed by atoms with Crippen LogP contribution in [0.25, 0.3) is 0 Å². The van der Waals surface area contributed by atoms with E-state index >= 15 is 0 Å². The average molecular weight is 272 g/mol. The molecule has 1 heterocycles. The maximum Gasteiger partial charge on any atom is 0.372 e. The molecule has 19 heavy (non-hydrogen) atoms. The van der Waals surface area contributed by atoms with E-state index in [0.29, 0.717) is 0 Å². The third kappa shape index (κ3) is 7.22. The monoisotopic (exact) mass is 272 g/mol. The van der Waals surface area contributed by atoms with Crippen LogP contribution in [0, 0.1) is 0 Å². The molecule has 6 N–H and O–H groups in total. The summed E-state index contributed by atoms with van der Waals surface area (Å²) in [6.45, 7) is 1.65. The second-order valence-corrected chi connectivity index (χ2v) is 3.77. The molecule has 7 heteroatoms. The molecule has 0 amide bonds. The van der Waals surface area contributed by atoms with Crippen molar-refractivity contribution in [2.45, 2.75) is 25.7 Å². The van der Waals surface area contributed by atoms with Crippen LogP contribution >= 0.6 is 0 Å². The summed E-state index contributed by atoms with van der Waals surface area (Å²) in [7, 11) is 0. The minimum Gasteiger partial charge on any atom is -0.478 e. The lowest BCUT2D eigenvalue weighted by atomic mass is 10.2. The molecular formula is C12H20N2O5. The Morgan fingerprint density at radius 3 is 1.84 bits per heavy atom. The normalized spacial score (nSPS) is 9.58. The molecule has 0 saturated carbocycles. The SMILES string of the molecule is NCCCCCCN.O=C(O)c1ccoc1C(=O)O. The molecule has 0 aliphatic rings. The first-order valence-electron chi connectivity index (χ1n) is 5.98. The zero-order valence-corrected chi connectivity index (χ0v) is 10.7. The van der Waals surface area contributed by atoms with Gasteiger partial charge in [-0.3, -0.25) is 0 Å². The van der Waals surface area contributed by atoms with Gasteiger partial charge >= 0.3 is 11.9 Å². The highest BCUT2D eigenvalue weighted by Crippen LogP contribution is 2.09. The lowest BCUT2D eigenvalue weighted by Gasteiger charge is -1.94. The molecule has 0 saturated heterocycles. The first-order chi connectivity index (χ1) is 9.04. The van der Waals surface area contributed by atoms with Crippen molar-refractivity contribution in [3.05, 3.63) is 23.7 Å². The lowest BCUT2D eigenvalue weighted by molar-refractivity contribution is 0.0626. The molecule has 0 spiro atoms. The van der Waals surface area contributed by atoms with E-state index < -0.39 is 17.7 Å². The van der Waals surface area contributed by atoms with Crippen LogP contribution in [0.15, 0.2) is 16.7 Å². The molecule has 0 bridgehead atoms. The molecular weight excluding hydrogens is 252 g/mol. The van der Waals surface area contributed by atoms with Gasteiger partial charge in [-0.2, -0.15) is 0 Å². The predicted octanol–water partition coefficient (Wildman–Crippen LogP) is 1.14. The van der Waals surface area contributed by atoms with E-state index in [4.69, 9.17) is 21.7 Å². The zero-order valence-electron chi connectivity index (χ0n) is 10.7. The standard InChI is InChI=1S/C6H16N2.C6H4O5/c7-5-3-1-2-4-6-8;7-5(8)3-1-2-11-4(3)6(9)10/h1-8H2;1-2H,(H,7,8)(H,9,10). The van der Waals surface area contributed by atoms with Crippen molar-refractivity contribution in [3.8, 4) is 0 Å². The van der Waals surface area contributed by atoms with Crippen molar-refractivity contribution in [3.63, 3.8) is 0 Å². The van der Waals surface area contributed by atoms with Crippen LogP contribution in [-0.2, 0) is 0 Å². The van der Waals surface area contributed by atoms with Gasteiger partial charge in [0.2, 0.25) is 5.76 Å². The summed E-state index contributed by atoms with van der Waals surface area (Å²) in [5, 5.41) is 16.7. The molecule has 0 aromatic carbocycles. The highest BCUT2D eigenvalue weighted by molar-refractivity contribution is 5.99. The van der Waals surface area contributed by atoms with E-state index in [2.05, 4.69) is 4.42 Å². The second-order valence-electron chi connectivity index (χ2n) is 3.77. The summed E-state index contributed by atoms with van der Waals surface area (Å²) in [6.07, 6.45) is 5.81. The van der Waals surface area contributed by atoms with E-state index in [1.165, 1.54) is 12.8 Å². The number of aromatic carboxylic acids is 2. The van der Waals surface area contributed by atoms with E-state index in [-0.39, 0.29) is 5.56 Å². The molecule has 0 radical (unpaired) electrons. The smallest absolute Gasteiger partial charge is 0.372 e. The van der Waals surface area contributed by atoms with Gasteiger partial charge in [-0.15, -0.1) is 0 Å². The number of unbranched alkanes of at least 4 members (excludes halogenated alkanes) is 3. The first kappa shape index (κ1) is 17.1. The number of furan rings is 1. The maximum atomic E-state index is 10.3. The van der Waals surface area contributed by atoms with E-state index in [0.717, 1.165) is 38.3 Å². The minimum atomic E-state index is -1.38. The topological polar surface area (TPSA) is 140 Å². The Kier molecular flexibility index (Phi) is 9.11. The van der Waals surface area contributed by atoms with Crippen LogP contribution in [0.5, 0.6) is 0 Å². The summed E-state index contributed by atoms with van der Waals surface area (Å²) in [4.78, 5) is 20.5. The third-order valence-electron chi connectivity index (χ3n) is 2.25. The van der Waals surface area contributed by atoms with Crippen molar-refractivity contribution < 1.29 is 24.2 Å². The van der Waals surface area contributed by atoms with Crippen LogP contribution in [-0.4, -0.2) is 35.2 Å². The number of carbonyl (C=O) groups is 2.